The molecule has 5 rings (SSSR count). The monoisotopic (exact) mass is 544 g/mol. The van der Waals surface area contributed by atoms with Crippen molar-refractivity contribution in [3.8, 4) is 17.2 Å². The van der Waals surface area contributed by atoms with Gasteiger partial charge in [-0.05, 0) is 74.6 Å². The fourth-order valence-electron chi connectivity index (χ4n) is 5.96. The number of nitrogens with one attached hydrogen (secondary N) is 2. The van der Waals surface area contributed by atoms with Crippen LogP contribution in [0.1, 0.15) is 57.5 Å². The zero-order valence-corrected chi connectivity index (χ0v) is 23.4. The Labute approximate surface area is 234 Å². The Bertz CT molecular complexity index is 1360. The molecule has 9 heteroatoms. The zero-order valence-electron chi connectivity index (χ0n) is 23.4. The van der Waals surface area contributed by atoms with Gasteiger partial charge in [0, 0.05) is 42.0 Å². The Morgan fingerprint density at radius 2 is 1.62 bits per heavy atom. The lowest BCUT2D eigenvalue weighted by atomic mass is 9.96. The lowest BCUT2D eigenvalue weighted by Crippen LogP contribution is -2.50. The summed E-state index contributed by atoms with van der Waals surface area (Å²) in [5.74, 6) is 2.60. The summed E-state index contributed by atoms with van der Waals surface area (Å²) in [6, 6.07) is 15.6. The molecule has 40 heavy (non-hydrogen) atoms. The topological polar surface area (TPSA) is 102 Å². The summed E-state index contributed by atoms with van der Waals surface area (Å²) in [6.45, 7) is 2.27. The van der Waals surface area contributed by atoms with Gasteiger partial charge in [0.2, 0.25) is 0 Å². The summed E-state index contributed by atoms with van der Waals surface area (Å²) < 4.78 is 16.0. The van der Waals surface area contributed by atoms with Gasteiger partial charge in [-0.1, -0.05) is 12.1 Å². The molecular formula is C31H36N4O5. The van der Waals surface area contributed by atoms with Crippen LogP contribution < -0.4 is 29.7 Å². The zero-order chi connectivity index (χ0) is 28.2. The molecule has 0 radical (unpaired) electrons. The first-order valence-electron chi connectivity index (χ1n) is 13.6. The lowest BCUT2D eigenvalue weighted by molar-refractivity contribution is 0.0923. The molecule has 210 valence electrons. The molecule has 2 amide bonds. The summed E-state index contributed by atoms with van der Waals surface area (Å²) >= 11 is 0. The molecule has 2 bridgehead atoms. The molecule has 2 saturated heterocycles. The van der Waals surface area contributed by atoms with Crippen LogP contribution >= 0.6 is 0 Å². The van der Waals surface area contributed by atoms with Gasteiger partial charge in [0.05, 0.1) is 26.9 Å². The predicted octanol–water partition coefficient (Wildman–Crippen LogP) is 4.28. The summed E-state index contributed by atoms with van der Waals surface area (Å²) in [5, 5.41) is 6.20. The van der Waals surface area contributed by atoms with Crippen molar-refractivity contribution in [2.75, 3.05) is 26.2 Å². The number of rotatable bonds is 9. The van der Waals surface area contributed by atoms with Crippen molar-refractivity contribution in [2.45, 2.75) is 57.3 Å². The number of amides is 2. The molecule has 2 N–H and O–H groups in total. The van der Waals surface area contributed by atoms with Gasteiger partial charge >= 0.3 is 0 Å². The summed E-state index contributed by atoms with van der Waals surface area (Å²) in [4.78, 5) is 32.9. The molecule has 2 atom stereocenters. The van der Waals surface area contributed by atoms with Gasteiger partial charge in [-0.15, -0.1) is 0 Å². The molecule has 9 nitrogen and oxygen atoms in total. The lowest BCUT2D eigenvalue weighted by Gasteiger charge is -2.40. The minimum atomic E-state index is -0.189. The number of pyridine rings is 1. The van der Waals surface area contributed by atoms with Crippen LogP contribution in [0.15, 0.2) is 54.7 Å². The molecule has 0 aliphatic carbocycles. The fourth-order valence-corrected chi connectivity index (χ4v) is 5.96. The van der Waals surface area contributed by atoms with E-state index in [0.717, 1.165) is 42.6 Å². The highest BCUT2D eigenvalue weighted by Crippen LogP contribution is 2.39. The molecule has 2 unspecified atom stereocenters. The molecule has 0 saturated carbocycles. The van der Waals surface area contributed by atoms with E-state index in [0.29, 0.717) is 47.0 Å². The van der Waals surface area contributed by atoms with Crippen LogP contribution in [0.3, 0.4) is 0 Å². The van der Waals surface area contributed by atoms with Crippen LogP contribution in [-0.4, -0.2) is 56.3 Å². The van der Waals surface area contributed by atoms with Crippen LogP contribution in [0, 0.1) is 6.92 Å². The Kier molecular flexibility index (Phi) is 8.09. The number of hydrogen-bond acceptors (Lipinski definition) is 7. The number of ether oxygens (including phenoxy) is 3. The number of fused-ring (bicyclic) bond motifs is 2. The second kappa shape index (κ2) is 11.9. The minimum absolute atomic E-state index is 0.0594. The largest absolute Gasteiger partial charge is 0.496 e. The van der Waals surface area contributed by atoms with Gasteiger partial charge in [-0.3, -0.25) is 9.59 Å². The highest BCUT2D eigenvalue weighted by molar-refractivity contribution is 5.96. The number of nitrogens with zero attached hydrogens (tertiary/aromatic N) is 2. The van der Waals surface area contributed by atoms with E-state index in [1.54, 1.807) is 27.5 Å². The molecule has 2 aromatic carbocycles. The van der Waals surface area contributed by atoms with Gasteiger partial charge < -0.3 is 29.7 Å². The summed E-state index contributed by atoms with van der Waals surface area (Å²) in [6.07, 6.45) is 5.48. The van der Waals surface area contributed by atoms with Crippen molar-refractivity contribution < 1.29 is 23.8 Å². The van der Waals surface area contributed by atoms with Crippen LogP contribution in [0.5, 0.6) is 17.2 Å². The number of aromatic nitrogens is 1. The normalized spacial score (nSPS) is 19.6. The second-order valence-electron chi connectivity index (χ2n) is 10.3. The molecule has 3 heterocycles. The number of piperidine rings is 1. The van der Waals surface area contributed by atoms with Crippen molar-refractivity contribution in [1.82, 2.24) is 15.6 Å². The first-order chi connectivity index (χ1) is 19.4. The van der Waals surface area contributed by atoms with Gasteiger partial charge in [0.25, 0.3) is 11.8 Å². The molecule has 2 aliphatic heterocycles. The smallest absolute Gasteiger partial charge is 0.253 e. The maximum atomic E-state index is 13.1. The maximum Gasteiger partial charge on any atom is 0.253 e. The van der Waals surface area contributed by atoms with E-state index < -0.39 is 0 Å². The quantitative estimate of drug-likeness (QED) is 0.415. The summed E-state index contributed by atoms with van der Waals surface area (Å²) in [7, 11) is 4.79. The number of anilines is 1. The number of carbonyl (C=O) groups excluding carboxylic acids is 2. The van der Waals surface area contributed by atoms with E-state index >= 15 is 0 Å². The van der Waals surface area contributed by atoms with E-state index in [1.165, 1.54) is 0 Å². The van der Waals surface area contributed by atoms with Crippen LogP contribution in [0.4, 0.5) is 5.82 Å². The third-order valence-electron chi connectivity index (χ3n) is 7.99. The average molecular weight is 545 g/mol. The van der Waals surface area contributed by atoms with Crippen molar-refractivity contribution in [2.24, 2.45) is 0 Å². The number of methoxy groups -OCH3 is 3. The number of benzene rings is 2. The first-order valence-corrected chi connectivity index (χ1v) is 13.6. The molecular weight excluding hydrogens is 508 g/mol. The number of carbonyl (C=O) groups is 2. The SMILES string of the molecule is COc1ccc(CNC(=O)c2ccc(N3C4CCC3CC(NC(=O)c3cccc(OC)c3C)C4)nc2)cc1OC. The van der Waals surface area contributed by atoms with Crippen LogP contribution in [0.2, 0.25) is 0 Å². The van der Waals surface area contributed by atoms with Crippen LogP contribution in [0.25, 0.3) is 0 Å². The van der Waals surface area contributed by atoms with E-state index in [1.807, 2.05) is 55.5 Å². The Morgan fingerprint density at radius 3 is 2.27 bits per heavy atom. The predicted molar refractivity (Wildman–Crippen MR) is 152 cm³/mol. The average Bonchev–Trinajstić information content (AvgIpc) is 3.25. The van der Waals surface area contributed by atoms with E-state index in [4.69, 9.17) is 14.2 Å². The van der Waals surface area contributed by atoms with Crippen molar-refractivity contribution in [1.29, 1.82) is 0 Å². The highest BCUT2D eigenvalue weighted by Gasteiger charge is 2.42. The molecule has 1 aromatic heterocycles. The van der Waals surface area contributed by atoms with Gasteiger partial charge in [0.1, 0.15) is 11.6 Å². The third-order valence-corrected chi connectivity index (χ3v) is 7.99. The summed E-state index contributed by atoms with van der Waals surface area (Å²) in [5.41, 5.74) is 2.91. The fraction of sp³-hybridized carbons (Fsp3) is 0.387. The van der Waals surface area contributed by atoms with Crippen molar-refractivity contribution in [3.63, 3.8) is 0 Å². The third kappa shape index (κ3) is 5.54. The van der Waals surface area contributed by atoms with Gasteiger partial charge in [-0.2, -0.15) is 0 Å². The van der Waals surface area contributed by atoms with Crippen molar-refractivity contribution in [3.05, 3.63) is 77.0 Å². The van der Waals surface area contributed by atoms with E-state index in [2.05, 4.69) is 20.5 Å². The minimum Gasteiger partial charge on any atom is -0.496 e. The van der Waals surface area contributed by atoms with Gasteiger partial charge in [-0.25, -0.2) is 4.98 Å². The standard InChI is InChI=1S/C31H36N4O5/c1-19-25(6-5-7-26(19)38-2)31(37)34-22-15-23-10-11-24(16-22)35(23)29-13-9-21(18-32-29)30(36)33-17-20-8-12-27(39-3)28(14-20)40-4/h5-9,12-14,18,22-24H,10-11,15-17H2,1-4H3,(H,33,36)(H,34,37). The van der Waals surface area contributed by atoms with Crippen molar-refractivity contribution >= 4 is 17.6 Å². The Morgan fingerprint density at radius 1 is 0.900 bits per heavy atom. The van der Waals surface area contributed by atoms with Gasteiger partial charge in [0.15, 0.2) is 11.5 Å². The first kappa shape index (κ1) is 27.3. The Balaban J connectivity index is 1.18. The Hall–Kier alpha value is -4.27. The van der Waals surface area contributed by atoms with E-state index in [-0.39, 0.29) is 17.9 Å². The highest BCUT2D eigenvalue weighted by atomic mass is 16.5. The molecule has 2 aliphatic rings. The van der Waals surface area contributed by atoms with Crippen LogP contribution in [-0.2, 0) is 6.54 Å². The van der Waals surface area contributed by atoms with E-state index in [9.17, 15) is 9.59 Å². The molecule has 2 fully saturated rings. The maximum absolute atomic E-state index is 13.1. The molecule has 3 aromatic rings. The number of hydrogen-bond donors (Lipinski definition) is 2. The molecule has 0 spiro atoms. The second-order valence-corrected chi connectivity index (χ2v) is 10.3.